The minimum absolute atomic E-state index is 0.0603. The number of carbonyl (C=O) groups is 1. The molecular formula is C14H18BrNO. The Balaban J connectivity index is 2.34. The van der Waals surface area contributed by atoms with Gasteiger partial charge in [0.1, 0.15) is 0 Å². The molecule has 92 valence electrons. The van der Waals surface area contributed by atoms with Crippen LogP contribution in [0.3, 0.4) is 0 Å². The molecule has 0 unspecified atom stereocenters. The molecule has 1 N–H and O–H groups in total. The number of nitrogens with one attached hydrogen (secondary N) is 1. The molecular weight excluding hydrogens is 278 g/mol. The van der Waals surface area contributed by atoms with Gasteiger partial charge in [-0.15, -0.1) is 0 Å². The van der Waals surface area contributed by atoms with Crippen molar-refractivity contribution in [2.24, 2.45) is 0 Å². The number of aryl methyl sites for hydroxylation is 2. The molecule has 0 saturated heterocycles. The lowest BCUT2D eigenvalue weighted by molar-refractivity contribution is -0.120. The van der Waals surface area contributed by atoms with Gasteiger partial charge in [0, 0.05) is 17.4 Å². The van der Waals surface area contributed by atoms with Gasteiger partial charge in [-0.3, -0.25) is 4.79 Å². The summed E-state index contributed by atoms with van der Waals surface area (Å²) in [6.07, 6.45) is 2.35. The third-order valence-corrected chi connectivity index (χ3v) is 2.83. The highest BCUT2D eigenvalue weighted by Crippen LogP contribution is 2.07. The zero-order valence-electron chi connectivity index (χ0n) is 10.1. The van der Waals surface area contributed by atoms with E-state index in [-0.39, 0.29) is 5.91 Å². The van der Waals surface area contributed by atoms with Crippen molar-refractivity contribution >= 4 is 21.8 Å². The molecule has 2 nitrogen and oxygen atoms in total. The highest BCUT2D eigenvalue weighted by molar-refractivity contribution is 9.11. The Labute approximate surface area is 111 Å². The van der Waals surface area contributed by atoms with E-state index in [1.807, 2.05) is 0 Å². The molecule has 17 heavy (non-hydrogen) atoms. The van der Waals surface area contributed by atoms with Gasteiger partial charge in [-0.25, -0.2) is 0 Å². The first-order chi connectivity index (χ1) is 8.11. The Kier molecular flexibility index (Phi) is 5.98. The van der Waals surface area contributed by atoms with E-state index in [2.05, 4.69) is 59.0 Å². The molecule has 1 rings (SSSR count). The van der Waals surface area contributed by atoms with Gasteiger partial charge in [0.2, 0.25) is 5.91 Å². The fraction of sp³-hybridized carbons (Fsp3) is 0.357. The number of halogens is 1. The molecule has 3 heteroatoms. The standard InChI is InChI=1S/C14H18BrNO/c1-3-12-4-6-13(7-5-12)8-9-14(17)16-10-11(2)15/h4-7H,2-3,8-10H2,1H3,(H,16,17). The predicted octanol–water partition coefficient (Wildman–Crippen LogP) is 3.21. The summed E-state index contributed by atoms with van der Waals surface area (Å²) in [7, 11) is 0. The van der Waals surface area contributed by atoms with Gasteiger partial charge in [0.25, 0.3) is 0 Å². The molecule has 0 saturated carbocycles. The highest BCUT2D eigenvalue weighted by Gasteiger charge is 2.02. The minimum Gasteiger partial charge on any atom is -0.352 e. The quantitative estimate of drug-likeness (QED) is 0.858. The fourth-order valence-corrected chi connectivity index (χ4v) is 1.62. The number of rotatable bonds is 6. The number of hydrogen-bond donors (Lipinski definition) is 1. The molecule has 0 aliphatic heterocycles. The Morgan fingerprint density at radius 1 is 1.29 bits per heavy atom. The summed E-state index contributed by atoms with van der Waals surface area (Å²) in [6.45, 7) is 6.29. The second-order valence-corrected chi connectivity index (χ2v) is 5.09. The van der Waals surface area contributed by atoms with Crippen molar-refractivity contribution in [3.8, 4) is 0 Å². The average Bonchev–Trinajstić information content (AvgIpc) is 2.34. The highest BCUT2D eigenvalue weighted by atomic mass is 79.9. The number of hydrogen-bond acceptors (Lipinski definition) is 1. The van der Waals surface area contributed by atoms with E-state index >= 15 is 0 Å². The van der Waals surface area contributed by atoms with Crippen LogP contribution in [0.15, 0.2) is 35.3 Å². The molecule has 0 aliphatic carbocycles. The first kappa shape index (κ1) is 14.0. The summed E-state index contributed by atoms with van der Waals surface area (Å²) in [5.41, 5.74) is 2.53. The lowest BCUT2D eigenvalue weighted by atomic mass is 10.1. The van der Waals surface area contributed by atoms with Crippen molar-refractivity contribution in [3.63, 3.8) is 0 Å². The third kappa shape index (κ3) is 5.68. The van der Waals surface area contributed by atoms with E-state index in [4.69, 9.17) is 0 Å². The van der Waals surface area contributed by atoms with Crippen molar-refractivity contribution in [3.05, 3.63) is 46.5 Å². The summed E-state index contributed by atoms with van der Waals surface area (Å²) in [6, 6.07) is 8.42. The smallest absolute Gasteiger partial charge is 0.220 e. The fourth-order valence-electron chi connectivity index (χ4n) is 1.48. The Bertz CT molecular complexity index is 384. The topological polar surface area (TPSA) is 29.1 Å². The maximum atomic E-state index is 11.5. The van der Waals surface area contributed by atoms with Gasteiger partial charge in [0.15, 0.2) is 0 Å². The van der Waals surface area contributed by atoms with Crippen LogP contribution in [-0.2, 0) is 17.6 Å². The maximum Gasteiger partial charge on any atom is 0.220 e. The molecule has 0 fully saturated rings. The summed E-state index contributed by atoms with van der Waals surface area (Å²) in [5, 5.41) is 2.79. The normalized spacial score (nSPS) is 10.0. The number of carbonyl (C=O) groups excluding carboxylic acids is 1. The van der Waals surface area contributed by atoms with E-state index in [9.17, 15) is 4.79 Å². The van der Waals surface area contributed by atoms with E-state index in [1.54, 1.807) is 0 Å². The van der Waals surface area contributed by atoms with Crippen LogP contribution < -0.4 is 5.32 Å². The Morgan fingerprint density at radius 3 is 2.41 bits per heavy atom. The van der Waals surface area contributed by atoms with Crippen LogP contribution in [0, 0.1) is 0 Å². The summed E-state index contributed by atoms with van der Waals surface area (Å²) < 4.78 is 0.790. The zero-order chi connectivity index (χ0) is 12.7. The molecule has 1 aromatic carbocycles. The summed E-state index contributed by atoms with van der Waals surface area (Å²) in [4.78, 5) is 11.5. The lowest BCUT2D eigenvalue weighted by Gasteiger charge is -2.05. The van der Waals surface area contributed by atoms with Crippen molar-refractivity contribution in [1.29, 1.82) is 0 Å². The first-order valence-corrected chi connectivity index (χ1v) is 6.59. The molecule has 0 aliphatic rings. The van der Waals surface area contributed by atoms with Crippen LogP contribution in [0.4, 0.5) is 0 Å². The molecule has 0 aromatic heterocycles. The summed E-state index contributed by atoms with van der Waals surface area (Å²) >= 11 is 3.21. The van der Waals surface area contributed by atoms with Crippen molar-refractivity contribution in [1.82, 2.24) is 5.32 Å². The largest absolute Gasteiger partial charge is 0.352 e. The van der Waals surface area contributed by atoms with E-state index in [1.165, 1.54) is 11.1 Å². The van der Waals surface area contributed by atoms with Crippen molar-refractivity contribution in [2.75, 3.05) is 6.54 Å². The molecule has 0 spiro atoms. The van der Waals surface area contributed by atoms with Gasteiger partial charge in [-0.05, 0) is 24.0 Å². The molecule has 1 amide bonds. The van der Waals surface area contributed by atoms with Crippen LogP contribution in [0.25, 0.3) is 0 Å². The zero-order valence-corrected chi connectivity index (χ0v) is 11.7. The van der Waals surface area contributed by atoms with Gasteiger partial charge in [-0.1, -0.05) is 53.7 Å². The van der Waals surface area contributed by atoms with Crippen molar-refractivity contribution in [2.45, 2.75) is 26.2 Å². The van der Waals surface area contributed by atoms with Crippen LogP contribution >= 0.6 is 15.9 Å². The van der Waals surface area contributed by atoms with Gasteiger partial charge in [0.05, 0.1) is 0 Å². The van der Waals surface area contributed by atoms with Crippen LogP contribution in [0.2, 0.25) is 0 Å². The average molecular weight is 296 g/mol. The Morgan fingerprint density at radius 2 is 1.88 bits per heavy atom. The van der Waals surface area contributed by atoms with Crippen LogP contribution in [0.1, 0.15) is 24.5 Å². The van der Waals surface area contributed by atoms with Crippen LogP contribution in [-0.4, -0.2) is 12.5 Å². The van der Waals surface area contributed by atoms with E-state index in [0.29, 0.717) is 13.0 Å². The first-order valence-electron chi connectivity index (χ1n) is 5.79. The monoisotopic (exact) mass is 295 g/mol. The van der Waals surface area contributed by atoms with Gasteiger partial charge in [-0.2, -0.15) is 0 Å². The molecule has 0 bridgehead atoms. The number of benzene rings is 1. The lowest BCUT2D eigenvalue weighted by Crippen LogP contribution is -2.24. The molecule has 0 atom stereocenters. The molecule has 0 radical (unpaired) electrons. The van der Waals surface area contributed by atoms with Crippen molar-refractivity contribution < 1.29 is 4.79 Å². The van der Waals surface area contributed by atoms with Crippen LogP contribution in [0.5, 0.6) is 0 Å². The second kappa shape index (κ2) is 7.28. The number of amides is 1. The maximum absolute atomic E-state index is 11.5. The predicted molar refractivity (Wildman–Crippen MR) is 75.2 cm³/mol. The molecule has 0 heterocycles. The summed E-state index contributed by atoms with van der Waals surface area (Å²) in [5.74, 6) is 0.0603. The van der Waals surface area contributed by atoms with Gasteiger partial charge >= 0.3 is 0 Å². The Hall–Kier alpha value is -1.09. The van der Waals surface area contributed by atoms with Gasteiger partial charge < -0.3 is 5.32 Å². The third-order valence-electron chi connectivity index (χ3n) is 2.55. The second-order valence-electron chi connectivity index (χ2n) is 3.96. The minimum atomic E-state index is 0.0603. The van der Waals surface area contributed by atoms with E-state index in [0.717, 1.165) is 17.3 Å². The molecule has 1 aromatic rings. The SMILES string of the molecule is C=C(Br)CNC(=O)CCc1ccc(CC)cc1. The van der Waals surface area contributed by atoms with E-state index < -0.39 is 0 Å².